The minimum Gasteiger partial charge on any atom is -0.379 e. The number of carbonyl (C=O) groups is 10. The summed E-state index contributed by atoms with van der Waals surface area (Å²) in [5, 5.41) is 24.2. The molecule has 4 aliphatic carbocycles. The van der Waals surface area contributed by atoms with Crippen LogP contribution >= 0.6 is 0 Å². The molecule has 28 nitrogen and oxygen atoms in total. The Bertz CT molecular complexity index is 2870. The van der Waals surface area contributed by atoms with Gasteiger partial charge in [0.25, 0.3) is 0 Å². The second kappa shape index (κ2) is 47.4. The van der Waals surface area contributed by atoms with Crippen LogP contribution in [0.5, 0.6) is 0 Å². The summed E-state index contributed by atoms with van der Waals surface area (Å²) in [7, 11) is 3.31. The van der Waals surface area contributed by atoms with Gasteiger partial charge in [-0.2, -0.15) is 0 Å². The molecule has 3 heterocycles. The topological polar surface area (TPSA) is 408 Å². The highest BCUT2D eigenvalue weighted by Crippen LogP contribution is 2.47. The second-order valence-corrected chi connectivity index (χ2v) is 34.6. The number of likely N-dealkylation sites (tertiary alicyclic amines) is 1. The molecule has 28 heteroatoms. The predicted molar refractivity (Wildman–Crippen MR) is 425 cm³/mol. The van der Waals surface area contributed by atoms with Crippen LogP contribution in [0.4, 0.5) is 0 Å². The molecule has 2 bridgehead atoms. The number of fused-ring (bicyclic) bond motifs is 2. The van der Waals surface area contributed by atoms with Gasteiger partial charge in [0.1, 0.15) is 36.3 Å². The molecular weight excluding hydrogens is 1400 g/mol. The molecule has 16 N–H and O–H groups in total. The van der Waals surface area contributed by atoms with E-state index in [2.05, 4.69) is 54.4 Å². The van der Waals surface area contributed by atoms with Gasteiger partial charge in [0.15, 0.2) is 5.78 Å². The highest BCUT2D eigenvalue weighted by molar-refractivity contribution is 5.97. The Morgan fingerprint density at radius 1 is 0.527 bits per heavy atom. The van der Waals surface area contributed by atoms with E-state index in [1.54, 1.807) is 25.9 Å². The molecule has 0 radical (unpaired) electrons. The number of nitrogens with two attached hydrogens (primary N) is 4. The number of ketones is 1. The number of hydrogen-bond acceptors (Lipinski definition) is 19. The SMILES string of the molecule is CCCCCC[C@H]1OC[C@@H](C)NC(=O)C(CN2CC(CN)C2CCC[C@H]2C(=O)C[C@@H](C3CCCCCC3)C(=O)NC(CN)C(=O)N[C@@H](COCCCNCCCN)C(=O)N[C@H](C)CO[C@H](CC3C[C@H]4CC[C@@H](C3)C4)[C@@H](C)C(=O)N2C)NC(=O)[C@H](CN)NC(=O)[C@H](C2CCCCC2)NC(=O)[C@H](CC(C)C)N(C)C(=O)[C@@H]1C. The molecule has 0 aromatic heterocycles. The van der Waals surface area contributed by atoms with Crippen molar-refractivity contribution in [3.8, 4) is 0 Å². The summed E-state index contributed by atoms with van der Waals surface area (Å²) in [5.41, 5.74) is 25.0. The molecule has 5 unspecified atom stereocenters. The molecule has 4 saturated carbocycles. The highest BCUT2D eigenvalue weighted by atomic mass is 16.5. The van der Waals surface area contributed by atoms with Gasteiger partial charge in [-0.3, -0.25) is 52.8 Å². The lowest BCUT2D eigenvalue weighted by Gasteiger charge is -2.49. The van der Waals surface area contributed by atoms with E-state index >= 15 is 19.2 Å². The number of rotatable bonds is 29. The van der Waals surface area contributed by atoms with Crippen molar-refractivity contribution in [1.29, 1.82) is 0 Å². The van der Waals surface area contributed by atoms with E-state index in [0.717, 1.165) is 96.4 Å². The van der Waals surface area contributed by atoms with E-state index in [-0.39, 0.29) is 99.6 Å². The average molecular weight is 1550 g/mol. The minimum atomic E-state index is -1.32. The van der Waals surface area contributed by atoms with Crippen LogP contribution in [0.3, 0.4) is 0 Å². The molecule has 0 aromatic rings. The third-order valence-corrected chi connectivity index (χ3v) is 25.3. The van der Waals surface area contributed by atoms with Crippen LogP contribution in [0, 0.1) is 59.2 Å². The van der Waals surface area contributed by atoms with Gasteiger partial charge in [-0.05, 0) is 178 Å². The maximum Gasteiger partial charge on any atom is 0.245 e. The molecular formula is C82H147N15O13. The molecule has 0 spiro atoms. The van der Waals surface area contributed by atoms with Crippen LogP contribution in [0.2, 0.25) is 0 Å². The van der Waals surface area contributed by atoms with Crippen molar-refractivity contribution >= 4 is 58.9 Å². The van der Waals surface area contributed by atoms with Crippen molar-refractivity contribution in [2.24, 2.45) is 82.1 Å². The number of carbonyl (C=O) groups excluding carboxylic acids is 10. The first-order chi connectivity index (χ1) is 52.8. The molecule has 7 rings (SSSR count). The molecule has 7 fully saturated rings. The number of nitrogens with one attached hydrogen (secondary N) is 8. The Kier molecular flexibility index (Phi) is 39.5. The summed E-state index contributed by atoms with van der Waals surface area (Å²) >= 11 is 0. The van der Waals surface area contributed by atoms with Crippen molar-refractivity contribution in [2.45, 2.75) is 307 Å². The van der Waals surface area contributed by atoms with Crippen LogP contribution in [-0.4, -0.2) is 239 Å². The third-order valence-electron chi connectivity index (χ3n) is 25.3. The predicted octanol–water partition coefficient (Wildman–Crippen LogP) is 4.19. The Morgan fingerprint density at radius 2 is 1.07 bits per heavy atom. The van der Waals surface area contributed by atoms with Gasteiger partial charge in [0, 0.05) is 77.3 Å². The lowest BCUT2D eigenvalue weighted by molar-refractivity contribution is -0.147. The molecule has 0 aromatic carbocycles. The fraction of sp³-hybridized carbons (Fsp3) is 0.878. The number of amides is 9. The van der Waals surface area contributed by atoms with E-state index in [1.807, 2.05) is 34.6 Å². The number of hydrogen-bond donors (Lipinski definition) is 12. The first kappa shape index (κ1) is 91.7. The van der Waals surface area contributed by atoms with Crippen molar-refractivity contribution in [1.82, 2.24) is 57.2 Å². The molecule has 628 valence electrons. The summed E-state index contributed by atoms with van der Waals surface area (Å²) in [5.74, 6) is -6.14. The van der Waals surface area contributed by atoms with Gasteiger partial charge in [-0.1, -0.05) is 118 Å². The van der Waals surface area contributed by atoms with Crippen molar-refractivity contribution in [3.63, 3.8) is 0 Å². The van der Waals surface area contributed by atoms with E-state index in [0.29, 0.717) is 115 Å². The van der Waals surface area contributed by atoms with Gasteiger partial charge < -0.3 is 89.5 Å². The number of ether oxygens (including phenoxy) is 3. The monoisotopic (exact) mass is 1550 g/mol. The molecule has 3 saturated heterocycles. The van der Waals surface area contributed by atoms with Crippen molar-refractivity contribution in [3.05, 3.63) is 0 Å². The van der Waals surface area contributed by atoms with Gasteiger partial charge in [-0.15, -0.1) is 0 Å². The molecule has 9 amide bonds. The van der Waals surface area contributed by atoms with Gasteiger partial charge in [-0.25, -0.2) is 0 Å². The first-order valence-electron chi connectivity index (χ1n) is 43.0. The minimum absolute atomic E-state index is 0.00772. The maximum absolute atomic E-state index is 15.8. The van der Waals surface area contributed by atoms with E-state index in [9.17, 15) is 28.8 Å². The summed E-state index contributed by atoms with van der Waals surface area (Å²) in [6, 6.07) is -9.38. The average Bonchev–Trinajstić information content (AvgIpc) is 0.877. The normalized spacial score (nSPS) is 33.2. The Labute approximate surface area is 657 Å². The largest absolute Gasteiger partial charge is 0.379 e. The summed E-state index contributed by atoms with van der Waals surface area (Å²) < 4.78 is 19.5. The zero-order chi connectivity index (χ0) is 80.0. The van der Waals surface area contributed by atoms with Gasteiger partial charge >= 0.3 is 0 Å². The Hall–Kier alpha value is -5.46. The van der Waals surface area contributed by atoms with Crippen molar-refractivity contribution in [2.75, 3.05) is 92.9 Å². The van der Waals surface area contributed by atoms with Crippen LogP contribution in [-0.2, 0) is 62.2 Å². The maximum atomic E-state index is 15.8. The van der Waals surface area contributed by atoms with Gasteiger partial charge in [0.2, 0.25) is 53.2 Å². The third kappa shape index (κ3) is 27.9. The number of unbranched alkanes of at least 4 members (excludes halogenated alkanes) is 3. The van der Waals surface area contributed by atoms with Crippen molar-refractivity contribution < 1.29 is 62.2 Å². The quantitative estimate of drug-likeness (QED) is 0.0369. The van der Waals surface area contributed by atoms with E-state index < -0.39 is 126 Å². The number of likely N-dealkylation sites (N-methyl/N-ethyl adjacent to an activating group) is 2. The fourth-order valence-corrected chi connectivity index (χ4v) is 18.6. The zero-order valence-corrected chi connectivity index (χ0v) is 68.7. The second-order valence-electron chi connectivity index (χ2n) is 34.6. The van der Waals surface area contributed by atoms with E-state index in [1.165, 1.54) is 24.2 Å². The molecule has 7 aliphatic rings. The van der Waals surface area contributed by atoms with Crippen LogP contribution in [0.25, 0.3) is 0 Å². The van der Waals surface area contributed by atoms with Gasteiger partial charge in [0.05, 0.1) is 49.9 Å². The zero-order valence-electron chi connectivity index (χ0n) is 68.7. The summed E-state index contributed by atoms with van der Waals surface area (Å²) in [6.45, 7) is 15.8. The van der Waals surface area contributed by atoms with E-state index in [4.69, 9.17) is 37.1 Å². The van der Waals surface area contributed by atoms with Crippen LogP contribution < -0.4 is 65.5 Å². The molecule has 110 heavy (non-hydrogen) atoms. The Morgan fingerprint density at radius 3 is 1.67 bits per heavy atom. The highest BCUT2D eigenvalue weighted by Gasteiger charge is 2.46. The summed E-state index contributed by atoms with van der Waals surface area (Å²) in [4.78, 5) is 155. The molecule has 3 aliphatic heterocycles. The first-order valence-corrected chi connectivity index (χ1v) is 43.0. The standard InChI is InChI=1S/C82H147N15O13/c1-10-11-12-20-30-71-54(6)81(106)96(9)69(37-51(2)3)79(104)94-73(60-26-18-15-19-27-60)80(105)91-64(45-86)75(100)92-65(77(102)88-52(4)48-109-71)47-97-46-61(43-84)67(97)28-21-29-68-70(98)42-62(59-24-16-13-14-17-25-59)74(99)90-63(44-85)76(101)93-66(50-108-36-23-35-87-34-22-33-83)78(103)89-53(5)49-110-72(55(7)82(107)95(68)8)41-58-39-56-31-32-57(38-56)40-58/h51-69,71-73,87H,10-50,83-86H2,1-9H3,(H,88,102)(H,89,103)(H,90,99)(H,91,105)(H,92,100)(H,93,101)(H,94,104)/t52-,53-,54-,55-,56-,57+,58?,61?,62+,63?,64+,65?,66+,67?,68+,69+,71-,72-,73+/m1/s1. The molecule has 19 atom stereocenters. The lowest BCUT2D eigenvalue weighted by Crippen LogP contribution is -2.66. The number of nitrogens with zero attached hydrogens (tertiary/aromatic N) is 3. The summed E-state index contributed by atoms with van der Waals surface area (Å²) in [6.07, 6.45) is 21.0. The smallest absolute Gasteiger partial charge is 0.245 e. The van der Waals surface area contributed by atoms with Crippen LogP contribution in [0.1, 0.15) is 235 Å². The number of Topliss-reactive ketones (excluding diaryl/α,β-unsaturated/α-hetero) is 1. The lowest BCUT2D eigenvalue weighted by atomic mass is 9.77. The van der Waals surface area contributed by atoms with Crippen LogP contribution in [0.15, 0.2) is 0 Å². The Balaban J connectivity index is 1.18. The fourth-order valence-electron chi connectivity index (χ4n) is 18.6.